The lowest BCUT2D eigenvalue weighted by molar-refractivity contribution is -0.278. The van der Waals surface area contributed by atoms with Crippen LogP contribution in [0, 0.1) is 0 Å². The third kappa shape index (κ3) is 1.28. The molecule has 1 saturated carbocycles. The van der Waals surface area contributed by atoms with E-state index in [1.807, 2.05) is 17.0 Å². The van der Waals surface area contributed by atoms with E-state index in [-0.39, 0.29) is 12.7 Å². The summed E-state index contributed by atoms with van der Waals surface area (Å²) in [6, 6.07) is 3.79. The van der Waals surface area contributed by atoms with Crippen molar-refractivity contribution in [3.63, 3.8) is 0 Å². The van der Waals surface area contributed by atoms with Crippen molar-refractivity contribution in [2.75, 3.05) is 13.3 Å². The molecule has 6 aliphatic rings. The Labute approximate surface area is 137 Å². The molecular formula is C17H17NO6. The molecule has 1 aliphatic carbocycles. The smallest absolute Gasteiger partial charge is 0.231 e. The second kappa shape index (κ2) is 3.87. The standard InChI is InChI=1S/C17H17NO6/c19-13-5-16-2-1-14(20)18(16)6-12-8-3-10-11(23-7-22-10)4-9(8)15(16)17(13,21)24-12/h3-4,12-13,15,19,21H,1-2,5-7H2/t12-,13+,15-,16-,17+/m0/s1. The minimum atomic E-state index is -1.66. The second-order valence-corrected chi connectivity index (χ2v) is 7.45. The van der Waals surface area contributed by atoms with Gasteiger partial charge in [0.05, 0.1) is 18.0 Å². The third-order valence-corrected chi connectivity index (χ3v) is 6.50. The van der Waals surface area contributed by atoms with Gasteiger partial charge in [0.25, 0.3) is 0 Å². The van der Waals surface area contributed by atoms with Gasteiger partial charge in [-0.3, -0.25) is 4.79 Å². The summed E-state index contributed by atoms with van der Waals surface area (Å²) in [7, 11) is 0. The topological polar surface area (TPSA) is 88.5 Å². The minimum Gasteiger partial charge on any atom is -0.454 e. The third-order valence-electron chi connectivity index (χ3n) is 6.50. The molecule has 0 unspecified atom stereocenters. The molecule has 7 nitrogen and oxygen atoms in total. The molecule has 1 amide bonds. The predicted octanol–water partition coefficient (Wildman–Crippen LogP) is 0.398. The number of aliphatic hydroxyl groups is 2. The van der Waals surface area contributed by atoms with E-state index >= 15 is 0 Å². The van der Waals surface area contributed by atoms with E-state index in [1.165, 1.54) is 0 Å². The molecule has 2 saturated heterocycles. The molecule has 5 atom stereocenters. The average Bonchev–Trinajstić information content (AvgIpc) is 3.13. The first-order valence-electron chi connectivity index (χ1n) is 8.35. The van der Waals surface area contributed by atoms with Crippen LogP contribution in [0.5, 0.6) is 11.5 Å². The molecule has 4 bridgehead atoms. The molecule has 0 radical (unpaired) electrons. The van der Waals surface area contributed by atoms with Crippen LogP contribution in [0.1, 0.15) is 42.4 Å². The Morgan fingerprint density at radius 3 is 2.75 bits per heavy atom. The number of rotatable bonds is 0. The maximum atomic E-state index is 12.5. The van der Waals surface area contributed by atoms with Gasteiger partial charge in [0.2, 0.25) is 18.5 Å². The van der Waals surface area contributed by atoms with Crippen LogP contribution in [0.25, 0.3) is 0 Å². The van der Waals surface area contributed by atoms with E-state index in [4.69, 9.17) is 14.2 Å². The van der Waals surface area contributed by atoms with Gasteiger partial charge in [0.15, 0.2) is 11.5 Å². The average molecular weight is 331 g/mol. The van der Waals surface area contributed by atoms with Gasteiger partial charge in [0.1, 0.15) is 12.2 Å². The van der Waals surface area contributed by atoms with E-state index in [2.05, 4.69) is 0 Å². The van der Waals surface area contributed by atoms with Gasteiger partial charge in [-0.05, 0) is 29.7 Å². The first-order valence-corrected chi connectivity index (χ1v) is 8.35. The zero-order chi connectivity index (χ0) is 16.3. The van der Waals surface area contributed by atoms with Gasteiger partial charge in [-0.1, -0.05) is 0 Å². The van der Waals surface area contributed by atoms with Gasteiger partial charge >= 0.3 is 0 Å². The molecule has 7 rings (SSSR count). The maximum Gasteiger partial charge on any atom is 0.231 e. The Kier molecular flexibility index (Phi) is 2.17. The Bertz CT molecular complexity index is 796. The van der Waals surface area contributed by atoms with Crippen molar-refractivity contribution in [1.29, 1.82) is 0 Å². The first kappa shape index (κ1) is 13.5. The van der Waals surface area contributed by atoms with Crippen LogP contribution < -0.4 is 9.47 Å². The summed E-state index contributed by atoms with van der Waals surface area (Å²) in [4.78, 5) is 14.3. The molecular weight excluding hydrogens is 314 g/mol. The molecule has 126 valence electrons. The van der Waals surface area contributed by atoms with Gasteiger partial charge in [-0.15, -0.1) is 0 Å². The fourth-order valence-corrected chi connectivity index (χ4v) is 5.57. The van der Waals surface area contributed by atoms with E-state index < -0.39 is 29.5 Å². The number of amides is 1. The molecule has 1 spiro atoms. The van der Waals surface area contributed by atoms with Crippen LogP contribution in [-0.2, 0) is 9.53 Å². The van der Waals surface area contributed by atoms with Crippen molar-refractivity contribution in [1.82, 2.24) is 4.90 Å². The van der Waals surface area contributed by atoms with E-state index in [9.17, 15) is 15.0 Å². The fraction of sp³-hybridized carbons (Fsp3) is 0.588. The van der Waals surface area contributed by atoms with Crippen molar-refractivity contribution >= 4 is 5.91 Å². The van der Waals surface area contributed by atoms with Crippen LogP contribution in [0.15, 0.2) is 12.1 Å². The monoisotopic (exact) mass is 331 g/mol. The minimum absolute atomic E-state index is 0.0693. The van der Waals surface area contributed by atoms with Gasteiger partial charge in [0, 0.05) is 12.8 Å². The highest BCUT2D eigenvalue weighted by molar-refractivity contribution is 5.81. The number of carbonyl (C=O) groups excluding carboxylic acids is 1. The molecule has 5 aliphatic heterocycles. The van der Waals surface area contributed by atoms with E-state index in [0.717, 1.165) is 11.1 Å². The van der Waals surface area contributed by atoms with Gasteiger partial charge in [-0.25, -0.2) is 0 Å². The SMILES string of the molecule is O=C1CC[C@@]23C[C@@H](O)[C@@]4(O)O[C@@H](CN12)c1cc2c(cc1[C@H]43)OCO2. The number of benzene rings is 1. The lowest BCUT2D eigenvalue weighted by atomic mass is 9.76. The van der Waals surface area contributed by atoms with Crippen molar-refractivity contribution in [3.8, 4) is 11.5 Å². The van der Waals surface area contributed by atoms with Crippen molar-refractivity contribution in [2.45, 2.75) is 48.7 Å². The van der Waals surface area contributed by atoms with Crippen LogP contribution in [0.3, 0.4) is 0 Å². The summed E-state index contributed by atoms with van der Waals surface area (Å²) in [5.74, 6) is -0.764. The largest absolute Gasteiger partial charge is 0.454 e. The van der Waals surface area contributed by atoms with Crippen LogP contribution in [0.4, 0.5) is 0 Å². The Hall–Kier alpha value is -1.83. The van der Waals surface area contributed by atoms with Crippen molar-refractivity contribution < 1.29 is 29.2 Å². The highest BCUT2D eigenvalue weighted by atomic mass is 16.7. The summed E-state index contributed by atoms with van der Waals surface area (Å²) in [5.41, 5.74) is 1.25. The fourth-order valence-electron chi connectivity index (χ4n) is 5.57. The molecule has 24 heavy (non-hydrogen) atoms. The molecule has 2 N–H and O–H groups in total. The summed E-state index contributed by atoms with van der Waals surface area (Å²) < 4.78 is 17.0. The molecule has 0 aromatic heterocycles. The van der Waals surface area contributed by atoms with Crippen molar-refractivity contribution in [3.05, 3.63) is 23.3 Å². The lowest BCUT2D eigenvalue weighted by Crippen LogP contribution is -2.50. The number of hydrogen-bond acceptors (Lipinski definition) is 6. The molecule has 1 aromatic rings. The Morgan fingerprint density at radius 2 is 1.96 bits per heavy atom. The van der Waals surface area contributed by atoms with Crippen molar-refractivity contribution in [2.24, 2.45) is 0 Å². The predicted molar refractivity (Wildman–Crippen MR) is 78.4 cm³/mol. The maximum absolute atomic E-state index is 12.5. The quantitative estimate of drug-likeness (QED) is 0.715. The molecule has 7 heteroatoms. The van der Waals surface area contributed by atoms with Gasteiger partial charge in [-0.2, -0.15) is 0 Å². The molecule has 1 aromatic carbocycles. The number of fused-ring (bicyclic) bond motifs is 1. The number of carbonyl (C=O) groups is 1. The number of nitrogens with zero attached hydrogens (tertiary/aromatic N) is 1. The zero-order valence-corrected chi connectivity index (χ0v) is 12.9. The summed E-state index contributed by atoms with van der Waals surface area (Å²) >= 11 is 0. The van der Waals surface area contributed by atoms with Crippen LogP contribution in [0.2, 0.25) is 0 Å². The first-order chi connectivity index (χ1) is 11.5. The highest BCUT2D eigenvalue weighted by Gasteiger charge is 2.72. The lowest BCUT2D eigenvalue weighted by Gasteiger charge is -2.42. The Balaban J connectivity index is 1.65. The molecule has 5 heterocycles. The summed E-state index contributed by atoms with van der Waals surface area (Å²) in [5, 5.41) is 21.8. The van der Waals surface area contributed by atoms with Crippen LogP contribution in [-0.4, -0.2) is 51.8 Å². The number of ether oxygens (including phenoxy) is 3. The number of hydrogen-bond donors (Lipinski definition) is 2. The highest BCUT2D eigenvalue weighted by Crippen LogP contribution is 2.65. The molecule has 3 fully saturated rings. The zero-order valence-electron chi connectivity index (χ0n) is 12.9. The number of aliphatic hydroxyl groups excluding tert-OH is 1. The van der Waals surface area contributed by atoms with E-state index in [0.29, 0.717) is 37.3 Å². The van der Waals surface area contributed by atoms with Gasteiger partial charge < -0.3 is 29.3 Å². The second-order valence-electron chi connectivity index (χ2n) is 7.45. The summed E-state index contributed by atoms with van der Waals surface area (Å²) in [6.07, 6.45) is -0.0846. The summed E-state index contributed by atoms with van der Waals surface area (Å²) in [6.45, 7) is 0.577. The van der Waals surface area contributed by atoms with Crippen LogP contribution >= 0.6 is 0 Å². The van der Waals surface area contributed by atoms with E-state index in [1.54, 1.807) is 0 Å². The Morgan fingerprint density at radius 1 is 1.21 bits per heavy atom. The normalized spacial score (nSPS) is 43.8.